The van der Waals surface area contributed by atoms with Crippen LogP contribution in [0.1, 0.15) is 51.6 Å². The summed E-state index contributed by atoms with van der Waals surface area (Å²) in [6.45, 7) is 1.35. The number of phenols is 6. The minimum absolute atomic E-state index is 0.0138. The van der Waals surface area contributed by atoms with E-state index in [0.29, 0.717) is 0 Å². The number of aliphatic hydroxyl groups excluding tert-OH is 2. The Morgan fingerprint density at radius 3 is 2.16 bits per heavy atom. The second-order valence-corrected chi connectivity index (χ2v) is 13.5. The van der Waals surface area contributed by atoms with E-state index in [-0.39, 0.29) is 50.9 Å². The lowest BCUT2D eigenvalue weighted by molar-refractivity contribution is -0.196. The van der Waals surface area contributed by atoms with Crippen molar-refractivity contribution in [2.24, 2.45) is 0 Å². The van der Waals surface area contributed by atoms with Crippen LogP contribution in [0.5, 0.6) is 46.0 Å². The summed E-state index contributed by atoms with van der Waals surface area (Å²) in [6.07, 6.45) is -7.87. The molecular formula is C38H34O18. The Kier molecular flexibility index (Phi) is 10.1. The molecule has 1 aliphatic carbocycles. The number of aliphatic carboxylic acids is 1. The van der Waals surface area contributed by atoms with Gasteiger partial charge in [-0.3, -0.25) is 4.79 Å². The van der Waals surface area contributed by atoms with E-state index >= 15 is 0 Å². The first-order chi connectivity index (χ1) is 26.3. The number of rotatable bonds is 7. The zero-order valence-electron chi connectivity index (χ0n) is 29.0. The Labute approximate surface area is 314 Å². The second kappa shape index (κ2) is 14.5. The molecule has 56 heavy (non-hydrogen) atoms. The number of aryl methyl sites for hydroxylation is 1. The van der Waals surface area contributed by atoms with Crippen molar-refractivity contribution < 1.29 is 84.8 Å². The first-order valence-electron chi connectivity index (χ1n) is 16.7. The lowest BCUT2D eigenvalue weighted by atomic mass is 9.79. The summed E-state index contributed by atoms with van der Waals surface area (Å²) < 4.78 is 16.9. The molecule has 4 unspecified atom stereocenters. The molecule has 1 saturated carbocycles. The molecule has 0 amide bonds. The highest BCUT2D eigenvalue weighted by molar-refractivity contribution is 6.03. The molecule has 18 nitrogen and oxygen atoms in total. The van der Waals surface area contributed by atoms with E-state index in [4.69, 9.17) is 14.2 Å². The highest BCUT2D eigenvalue weighted by Gasteiger charge is 2.50. The monoisotopic (exact) mass is 778 g/mol. The topological polar surface area (TPSA) is 318 Å². The number of phenolic OH excluding ortho intramolecular Hbond substituents is 6. The first kappa shape index (κ1) is 38.9. The maximum atomic E-state index is 13.9. The van der Waals surface area contributed by atoms with Crippen molar-refractivity contribution in [2.75, 3.05) is 0 Å². The molecule has 2 aliphatic rings. The van der Waals surface area contributed by atoms with Gasteiger partial charge in [0.1, 0.15) is 41.3 Å². The molecule has 11 N–H and O–H groups in total. The molecule has 6 atom stereocenters. The quantitative estimate of drug-likeness (QED) is 0.0721. The number of esters is 2. The molecule has 0 radical (unpaired) electrons. The normalized spacial score (nSPS) is 23.2. The minimum Gasteiger partial charge on any atom is -0.508 e. The Hall–Kier alpha value is -6.76. The van der Waals surface area contributed by atoms with Crippen molar-refractivity contribution in [3.8, 4) is 46.0 Å². The molecule has 6 rings (SSSR count). The number of benzene rings is 3. The van der Waals surface area contributed by atoms with Crippen LogP contribution in [0.2, 0.25) is 0 Å². The van der Waals surface area contributed by atoms with Crippen molar-refractivity contribution in [1.29, 1.82) is 0 Å². The van der Waals surface area contributed by atoms with E-state index in [1.54, 1.807) is 0 Å². The predicted molar refractivity (Wildman–Crippen MR) is 189 cm³/mol. The van der Waals surface area contributed by atoms with Gasteiger partial charge < -0.3 is 70.4 Å². The smallest absolute Gasteiger partial charge is 0.338 e. The van der Waals surface area contributed by atoms with Gasteiger partial charge in [-0.25, -0.2) is 14.4 Å². The number of carbonyl (C=O) groups is 3. The predicted octanol–water partition coefficient (Wildman–Crippen LogP) is 1.61. The van der Waals surface area contributed by atoms with Gasteiger partial charge >= 0.3 is 17.9 Å². The third-order valence-corrected chi connectivity index (χ3v) is 9.70. The SMILES string of the molecule is Cc1c(O)cc(/C=C/C(=O)OC2CC(O)(C(=O)O)CC(O)C2O)c2cc(C(=O)O[C@@H]3Cc4c(O)cc(O)cc4O[C@@H]3c3cc(O)c(O)c(O)c3)cc(=O)c(O)c12. The Morgan fingerprint density at radius 2 is 1.50 bits per heavy atom. The number of ether oxygens (including phenoxy) is 3. The first-order valence-corrected chi connectivity index (χ1v) is 16.7. The second-order valence-electron chi connectivity index (χ2n) is 13.5. The number of carboxylic acids is 1. The van der Waals surface area contributed by atoms with E-state index in [2.05, 4.69) is 0 Å². The lowest BCUT2D eigenvalue weighted by Crippen LogP contribution is -2.57. The van der Waals surface area contributed by atoms with Crippen molar-refractivity contribution in [3.05, 3.63) is 86.6 Å². The standard InChI is InChI=1S/C38H34O18/c1-14-21(40)5-15(2-3-30(46)54-29-13-38(53,37(51)52)12-26(45)33(29)48)19-4-17(8-25(44)34(49)31(14)19)36(50)56-28-11-20-22(41)9-18(39)10-27(20)55-35(28)16-6-23(42)32(47)24(43)7-16/h2-10,26,28-29,33,35,39-43,45,47-48,53H,11-13H2,1H3,(H,44,49)(H,51,52)/b3-2+/t26?,28-,29?,33?,35-,38?/m1/s1. The molecule has 1 heterocycles. The summed E-state index contributed by atoms with van der Waals surface area (Å²) in [7, 11) is 0. The molecule has 0 bridgehead atoms. The van der Waals surface area contributed by atoms with Gasteiger partial charge in [-0.15, -0.1) is 0 Å². The van der Waals surface area contributed by atoms with Crippen LogP contribution >= 0.6 is 0 Å². The van der Waals surface area contributed by atoms with E-state index in [1.165, 1.54) is 6.92 Å². The van der Waals surface area contributed by atoms with Gasteiger partial charge in [-0.1, -0.05) is 0 Å². The van der Waals surface area contributed by atoms with Crippen molar-refractivity contribution >= 4 is 34.8 Å². The third kappa shape index (κ3) is 7.22. The number of aliphatic hydroxyl groups is 3. The number of carboxylic acid groups (broad SMARTS) is 1. The van der Waals surface area contributed by atoms with Crippen LogP contribution in [0, 0.1) is 6.92 Å². The van der Waals surface area contributed by atoms with Gasteiger partial charge in [0.2, 0.25) is 5.43 Å². The van der Waals surface area contributed by atoms with Crippen LogP contribution < -0.4 is 10.2 Å². The fourth-order valence-corrected chi connectivity index (χ4v) is 6.77. The van der Waals surface area contributed by atoms with Gasteiger partial charge in [0.15, 0.2) is 34.7 Å². The summed E-state index contributed by atoms with van der Waals surface area (Å²) in [5, 5.41) is 112. The number of aromatic hydroxyl groups is 7. The highest BCUT2D eigenvalue weighted by Crippen LogP contribution is 2.46. The van der Waals surface area contributed by atoms with Gasteiger partial charge in [0.05, 0.1) is 11.7 Å². The fraction of sp³-hybridized carbons (Fsp3) is 0.263. The van der Waals surface area contributed by atoms with E-state index in [1.807, 2.05) is 0 Å². The Balaban J connectivity index is 1.38. The number of hydrogen-bond donors (Lipinski definition) is 11. The molecule has 0 aromatic heterocycles. The number of hydrogen-bond acceptors (Lipinski definition) is 17. The van der Waals surface area contributed by atoms with Crippen LogP contribution in [-0.2, 0) is 25.5 Å². The zero-order chi connectivity index (χ0) is 41.0. The van der Waals surface area contributed by atoms with Gasteiger partial charge in [-0.2, -0.15) is 0 Å². The number of fused-ring (bicyclic) bond motifs is 2. The molecule has 18 heteroatoms. The van der Waals surface area contributed by atoms with Crippen molar-refractivity contribution in [2.45, 2.75) is 62.3 Å². The highest BCUT2D eigenvalue weighted by atomic mass is 16.6. The van der Waals surface area contributed by atoms with E-state index < -0.39 is 112 Å². The van der Waals surface area contributed by atoms with Gasteiger partial charge in [0, 0.05) is 65.6 Å². The van der Waals surface area contributed by atoms with Gasteiger partial charge in [-0.05, 0) is 48.2 Å². The summed E-state index contributed by atoms with van der Waals surface area (Å²) in [4.78, 5) is 51.5. The Morgan fingerprint density at radius 1 is 0.821 bits per heavy atom. The molecular weight excluding hydrogens is 744 g/mol. The third-order valence-electron chi connectivity index (χ3n) is 9.70. The average Bonchev–Trinajstić information content (AvgIpc) is 3.25. The summed E-state index contributed by atoms with van der Waals surface area (Å²) >= 11 is 0. The van der Waals surface area contributed by atoms with Crippen LogP contribution in [-0.4, -0.2) is 104 Å². The summed E-state index contributed by atoms with van der Waals surface area (Å²) in [5.41, 5.74) is -4.13. The molecule has 1 fully saturated rings. The fourth-order valence-electron chi connectivity index (χ4n) is 6.77. The van der Waals surface area contributed by atoms with E-state index in [0.717, 1.165) is 54.6 Å². The number of carbonyl (C=O) groups excluding carboxylic acids is 2. The molecule has 4 aromatic carbocycles. The Bertz CT molecular complexity index is 2360. The largest absolute Gasteiger partial charge is 0.508 e. The van der Waals surface area contributed by atoms with Crippen LogP contribution in [0.25, 0.3) is 16.8 Å². The molecule has 4 aromatic rings. The van der Waals surface area contributed by atoms with Crippen LogP contribution in [0.3, 0.4) is 0 Å². The van der Waals surface area contributed by atoms with Gasteiger partial charge in [0.25, 0.3) is 0 Å². The lowest BCUT2D eigenvalue weighted by Gasteiger charge is -2.39. The molecule has 1 aliphatic heterocycles. The molecule has 294 valence electrons. The van der Waals surface area contributed by atoms with Crippen molar-refractivity contribution in [3.63, 3.8) is 0 Å². The average molecular weight is 779 g/mol. The maximum absolute atomic E-state index is 13.9. The summed E-state index contributed by atoms with van der Waals surface area (Å²) in [5.74, 6) is -8.73. The molecule has 0 saturated heterocycles. The van der Waals surface area contributed by atoms with Crippen LogP contribution in [0.4, 0.5) is 0 Å². The maximum Gasteiger partial charge on any atom is 0.338 e. The summed E-state index contributed by atoms with van der Waals surface area (Å²) in [6, 6.07) is 7.15. The van der Waals surface area contributed by atoms with Crippen LogP contribution in [0.15, 0.2) is 53.3 Å². The van der Waals surface area contributed by atoms with E-state index in [9.17, 15) is 75.3 Å². The molecule has 0 spiro atoms. The van der Waals surface area contributed by atoms with Crippen molar-refractivity contribution in [1.82, 2.24) is 0 Å². The zero-order valence-corrected chi connectivity index (χ0v) is 29.0. The minimum atomic E-state index is -2.51.